The fraction of sp³-hybridized carbons (Fsp3) is 0.571. The van der Waals surface area contributed by atoms with E-state index < -0.39 is 4.92 Å². The van der Waals surface area contributed by atoms with Crippen LogP contribution in [0.1, 0.15) is 56.7 Å². The van der Waals surface area contributed by atoms with E-state index in [1.807, 2.05) is 0 Å². The van der Waals surface area contributed by atoms with E-state index in [2.05, 4.69) is 32.7 Å². The maximum atomic E-state index is 12.8. The molecule has 3 aliphatic rings. The second kappa shape index (κ2) is 7.92. The number of piperidine rings is 2. The molecule has 2 unspecified atom stereocenters. The molecule has 31 heavy (non-hydrogen) atoms. The molecule has 2 bridgehead atoms. The van der Waals surface area contributed by atoms with Crippen LogP contribution in [0.5, 0.6) is 0 Å². The maximum absolute atomic E-state index is 12.8. The quantitative estimate of drug-likeness (QED) is 0.552. The predicted molar refractivity (Wildman–Crippen MR) is 113 cm³/mol. The first-order valence-corrected chi connectivity index (χ1v) is 10.9. The number of urea groups is 1. The van der Waals surface area contributed by atoms with Gasteiger partial charge in [-0.25, -0.2) is 4.79 Å². The Kier molecular flexibility index (Phi) is 5.09. The minimum Gasteiger partial charge on any atom is -0.335 e. The summed E-state index contributed by atoms with van der Waals surface area (Å²) in [5.74, 6) is 1.21. The third-order valence-electron chi connectivity index (χ3n) is 6.75. The number of hydrogen-bond donors (Lipinski definition) is 2. The molecule has 2 N–H and O–H groups in total. The molecule has 0 spiro atoms. The number of benzene rings is 1. The molecule has 3 fully saturated rings. The van der Waals surface area contributed by atoms with Crippen molar-refractivity contribution >= 4 is 17.4 Å². The van der Waals surface area contributed by atoms with Crippen molar-refractivity contribution in [3.8, 4) is 11.5 Å². The fourth-order valence-electron chi connectivity index (χ4n) is 4.86. The van der Waals surface area contributed by atoms with Crippen molar-refractivity contribution in [2.24, 2.45) is 0 Å². The highest BCUT2D eigenvalue weighted by molar-refractivity contribution is 5.94. The lowest BCUT2D eigenvalue weighted by Gasteiger charge is -2.47. The maximum Gasteiger partial charge on any atom is 0.319 e. The van der Waals surface area contributed by atoms with Crippen LogP contribution in [0.2, 0.25) is 0 Å². The van der Waals surface area contributed by atoms with E-state index in [4.69, 9.17) is 4.52 Å². The van der Waals surface area contributed by atoms with Crippen molar-refractivity contribution in [2.45, 2.75) is 69.0 Å². The summed E-state index contributed by atoms with van der Waals surface area (Å²) in [6.45, 7) is 0. The Morgan fingerprint density at radius 3 is 2.65 bits per heavy atom. The Morgan fingerprint density at radius 2 is 1.97 bits per heavy atom. The molecule has 10 nitrogen and oxygen atoms in total. The van der Waals surface area contributed by atoms with Crippen molar-refractivity contribution in [1.82, 2.24) is 20.4 Å². The summed E-state index contributed by atoms with van der Waals surface area (Å²) >= 11 is 0. The van der Waals surface area contributed by atoms with Crippen molar-refractivity contribution in [3.63, 3.8) is 0 Å². The lowest BCUT2D eigenvalue weighted by molar-refractivity contribution is -0.384. The smallest absolute Gasteiger partial charge is 0.319 e. The van der Waals surface area contributed by atoms with E-state index in [9.17, 15) is 14.9 Å². The molecule has 1 saturated carbocycles. The number of non-ortho nitro benzene ring substituents is 1. The number of hydrogen-bond acceptors (Lipinski definition) is 7. The number of carbonyl (C=O) groups is 1. The second-order valence-corrected chi connectivity index (χ2v) is 8.89. The number of amides is 2. The molecular weight excluding hydrogens is 400 g/mol. The largest absolute Gasteiger partial charge is 0.335 e. The van der Waals surface area contributed by atoms with Crippen molar-refractivity contribution in [1.29, 1.82) is 0 Å². The summed E-state index contributed by atoms with van der Waals surface area (Å²) in [7, 11) is 2.17. The van der Waals surface area contributed by atoms with E-state index in [0.29, 0.717) is 29.4 Å². The van der Waals surface area contributed by atoms with Crippen LogP contribution < -0.4 is 10.6 Å². The van der Waals surface area contributed by atoms with Crippen LogP contribution in [0.15, 0.2) is 22.7 Å². The van der Waals surface area contributed by atoms with Crippen LogP contribution in [-0.2, 0) is 0 Å². The molecule has 1 aromatic heterocycles. The van der Waals surface area contributed by atoms with Gasteiger partial charge in [0.25, 0.3) is 11.6 Å². The number of nitro benzene ring substituents is 1. The fourth-order valence-corrected chi connectivity index (χ4v) is 4.86. The lowest BCUT2D eigenvalue weighted by Crippen LogP contribution is -2.55. The average molecular weight is 426 g/mol. The molecule has 2 atom stereocenters. The first-order chi connectivity index (χ1) is 15.0. The molecule has 3 heterocycles. The van der Waals surface area contributed by atoms with E-state index in [1.54, 1.807) is 0 Å². The summed E-state index contributed by atoms with van der Waals surface area (Å²) in [5, 5.41) is 21.1. The summed E-state index contributed by atoms with van der Waals surface area (Å²) in [6, 6.07) is 4.93. The summed E-state index contributed by atoms with van der Waals surface area (Å²) in [6.07, 6.45) is 7.44. The summed E-state index contributed by atoms with van der Waals surface area (Å²) in [4.78, 5) is 30.4. The average Bonchev–Trinajstić information content (AvgIpc) is 3.46. The molecular formula is C21H26N6O4. The zero-order valence-corrected chi connectivity index (χ0v) is 17.4. The van der Waals surface area contributed by atoms with Gasteiger partial charge < -0.3 is 20.1 Å². The minimum absolute atomic E-state index is 0.0820. The molecule has 10 heteroatoms. The lowest BCUT2D eigenvalue weighted by atomic mass is 9.82. The number of nitrogens with zero attached hydrogens (tertiary/aromatic N) is 4. The van der Waals surface area contributed by atoms with Gasteiger partial charge in [0.05, 0.1) is 16.2 Å². The number of nitrogens with one attached hydrogen (secondary N) is 2. The Morgan fingerprint density at radius 1 is 1.23 bits per heavy atom. The minimum atomic E-state index is -0.492. The molecule has 1 aromatic carbocycles. The van der Waals surface area contributed by atoms with Crippen molar-refractivity contribution < 1.29 is 14.2 Å². The third kappa shape index (κ3) is 4.12. The Bertz CT molecular complexity index is 990. The third-order valence-corrected chi connectivity index (χ3v) is 6.75. The molecule has 164 valence electrons. The van der Waals surface area contributed by atoms with Gasteiger partial charge in [0.15, 0.2) is 5.82 Å². The Labute approximate surface area is 179 Å². The molecule has 2 aliphatic heterocycles. The van der Waals surface area contributed by atoms with E-state index in [-0.39, 0.29) is 29.3 Å². The molecule has 2 amide bonds. The van der Waals surface area contributed by atoms with Crippen LogP contribution in [0.3, 0.4) is 0 Å². The highest BCUT2D eigenvalue weighted by Gasteiger charge is 2.36. The van der Waals surface area contributed by atoms with Gasteiger partial charge in [-0.05, 0) is 51.6 Å². The van der Waals surface area contributed by atoms with Gasteiger partial charge in [0.1, 0.15) is 0 Å². The number of anilines is 1. The molecule has 2 saturated heterocycles. The van der Waals surface area contributed by atoms with Crippen LogP contribution in [0.4, 0.5) is 16.2 Å². The number of carbonyl (C=O) groups excluding carboxylic acids is 1. The topological polar surface area (TPSA) is 126 Å². The first kappa shape index (κ1) is 19.9. The van der Waals surface area contributed by atoms with Gasteiger partial charge in [0, 0.05) is 36.2 Å². The van der Waals surface area contributed by atoms with Crippen LogP contribution >= 0.6 is 0 Å². The monoisotopic (exact) mass is 426 g/mol. The Hall–Kier alpha value is -3.01. The number of fused-ring (bicyclic) bond motifs is 2. The van der Waals surface area contributed by atoms with Crippen molar-refractivity contribution in [2.75, 3.05) is 12.4 Å². The molecule has 2 aromatic rings. The van der Waals surface area contributed by atoms with Gasteiger partial charge in [-0.3, -0.25) is 10.1 Å². The van der Waals surface area contributed by atoms with Crippen LogP contribution in [0.25, 0.3) is 11.5 Å². The first-order valence-electron chi connectivity index (χ1n) is 10.9. The van der Waals surface area contributed by atoms with Gasteiger partial charge >= 0.3 is 6.03 Å². The molecule has 0 radical (unpaired) electrons. The molecule has 5 rings (SSSR count). The van der Waals surface area contributed by atoms with E-state index >= 15 is 0 Å². The van der Waals surface area contributed by atoms with E-state index in [1.165, 1.54) is 24.6 Å². The highest BCUT2D eigenvalue weighted by Crippen LogP contribution is 2.40. The standard InChI is InChI=1S/C21H26N6O4/c1-26-14-3-2-4-15(26)10-13(9-14)22-21(28)23-18-11-16(27(29)30)7-8-17(18)20-24-19(25-31-20)12-5-6-12/h7-8,11-15H,2-6,9-10H2,1H3,(H2,22,23,28). The highest BCUT2D eigenvalue weighted by atomic mass is 16.6. The number of aromatic nitrogens is 2. The van der Waals surface area contributed by atoms with Crippen molar-refractivity contribution in [3.05, 3.63) is 34.1 Å². The summed E-state index contributed by atoms with van der Waals surface area (Å²) in [5.41, 5.74) is 0.640. The zero-order valence-electron chi connectivity index (χ0n) is 17.4. The van der Waals surface area contributed by atoms with E-state index in [0.717, 1.165) is 38.5 Å². The normalized spacial score (nSPS) is 25.8. The van der Waals surface area contributed by atoms with Gasteiger partial charge in [0.2, 0.25) is 0 Å². The predicted octanol–water partition coefficient (Wildman–Crippen LogP) is 3.66. The zero-order chi connectivity index (χ0) is 21.5. The SMILES string of the molecule is CN1C2CCCC1CC(NC(=O)Nc1cc([N+](=O)[O-])ccc1-c1nc(C3CC3)no1)C2. The van der Waals surface area contributed by atoms with Gasteiger partial charge in [-0.15, -0.1) is 0 Å². The van der Waals surface area contributed by atoms with Gasteiger partial charge in [-0.2, -0.15) is 4.98 Å². The molecule has 1 aliphatic carbocycles. The van der Waals surface area contributed by atoms with Gasteiger partial charge in [-0.1, -0.05) is 11.6 Å². The van der Waals surface area contributed by atoms with Crippen LogP contribution in [0, 0.1) is 10.1 Å². The number of nitro groups is 1. The number of rotatable bonds is 5. The summed E-state index contributed by atoms with van der Waals surface area (Å²) < 4.78 is 5.38. The Balaban J connectivity index is 1.33. The second-order valence-electron chi connectivity index (χ2n) is 8.89. The van der Waals surface area contributed by atoms with Crippen LogP contribution in [-0.4, -0.2) is 51.2 Å².